The van der Waals surface area contributed by atoms with E-state index in [4.69, 9.17) is 5.84 Å². The minimum atomic E-state index is 0.633. The number of hydrogen-bond donors (Lipinski definition) is 3. The molecule has 0 heterocycles. The molecule has 0 aliphatic carbocycles. The van der Waals surface area contributed by atoms with Crippen molar-refractivity contribution >= 4 is 0 Å². The highest BCUT2D eigenvalue weighted by Crippen LogP contribution is 2.05. The van der Waals surface area contributed by atoms with Gasteiger partial charge >= 0.3 is 0 Å². The Balaban J connectivity index is 2.46. The molecule has 0 amide bonds. The predicted octanol–water partition coefficient (Wildman–Crippen LogP) is 0.505. The Labute approximate surface area is 72.9 Å². The van der Waals surface area contributed by atoms with Gasteiger partial charge in [0.1, 0.15) is 0 Å². The van der Waals surface area contributed by atoms with E-state index >= 15 is 0 Å². The predicted molar refractivity (Wildman–Crippen MR) is 50.2 cm³/mol. The zero-order valence-corrected chi connectivity index (χ0v) is 7.30. The molecule has 0 saturated heterocycles. The molecule has 0 radical (unpaired) electrons. The third-order valence-electron chi connectivity index (χ3n) is 1.80. The molecule has 1 aromatic carbocycles. The van der Waals surface area contributed by atoms with Gasteiger partial charge in [-0.25, -0.2) is 5.43 Å². The summed E-state index contributed by atoms with van der Waals surface area (Å²) in [6.07, 6.45) is 0. The summed E-state index contributed by atoms with van der Waals surface area (Å²) < 4.78 is 0. The second-order valence-corrected chi connectivity index (χ2v) is 2.73. The summed E-state index contributed by atoms with van der Waals surface area (Å²) in [5.41, 5.74) is 5.17. The fourth-order valence-electron chi connectivity index (χ4n) is 1.08. The van der Waals surface area contributed by atoms with Crippen LogP contribution in [-0.4, -0.2) is 6.67 Å². The molecule has 0 atom stereocenters. The highest BCUT2D eigenvalue weighted by molar-refractivity contribution is 5.25. The van der Waals surface area contributed by atoms with Gasteiger partial charge in [0.25, 0.3) is 0 Å². The smallest absolute Gasteiger partial charge is 0.0590 e. The van der Waals surface area contributed by atoms with Crippen molar-refractivity contribution in [1.82, 2.24) is 10.7 Å². The SMILES string of the molecule is Cc1ccccc1CNCNN. The van der Waals surface area contributed by atoms with Crippen molar-refractivity contribution in [2.24, 2.45) is 5.84 Å². The van der Waals surface area contributed by atoms with Crippen LogP contribution in [0, 0.1) is 6.92 Å². The van der Waals surface area contributed by atoms with Gasteiger partial charge in [0.2, 0.25) is 0 Å². The quantitative estimate of drug-likeness (QED) is 0.264. The largest absolute Gasteiger partial charge is 0.299 e. The van der Waals surface area contributed by atoms with Crippen molar-refractivity contribution in [3.63, 3.8) is 0 Å². The molecule has 0 saturated carbocycles. The molecule has 0 aliphatic heterocycles. The van der Waals surface area contributed by atoms with E-state index in [9.17, 15) is 0 Å². The Morgan fingerprint density at radius 2 is 2.08 bits per heavy atom. The van der Waals surface area contributed by atoms with E-state index in [1.54, 1.807) is 0 Å². The number of hydrogen-bond acceptors (Lipinski definition) is 3. The normalized spacial score (nSPS) is 10.2. The Bertz CT molecular complexity index is 235. The van der Waals surface area contributed by atoms with Gasteiger partial charge < -0.3 is 0 Å². The molecule has 66 valence electrons. The molecule has 0 fully saturated rings. The monoisotopic (exact) mass is 165 g/mol. The maximum Gasteiger partial charge on any atom is 0.0590 e. The first kappa shape index (κ1) is 9.19. The van der Waals surface area contributed by atoms with E-state index in [1.165, 1.54) is 11.1 Å². The molecule has 0 aromatic heterocycles. The van der Waals surface area contributed by atoms with Gasteiger partial charge in [-0.15, -0.1) is 0 Å². The molecular formula is C9H15N3. The number of nitrogens with two attached hydrogens (primary N) is 1. The fraction of sp³-hybridized carbons (Fsp3) is 0.333. The molecule has 3 heteroatoms. The van der Waals surface area contributed by atoms with Crippen molar-refractivity contribution in [2.75, 3.05) is 6.67 Å². The van der Waals surface area contributed by atoms with Crippen LogP contribution in [0.2, 0.25) is 0 Å². The summed E-state index contributed by atoms with van der Waals surface area (Å²) in [5.74, 6) is 5.12. The molecule has 0 spiro atoms. The molecule has 1 rings (SSSR count). The first-order valence-corrected chi connectivity index (χ1v) is 4.03. The Morgan fingerprint density at radius 3 is 2.75 bits per heavy atom. The van der Waals surface area contributed by atoms with E-state index in [0.717, 1.165) is 6.54 Å². The fourth-order valence-corrected chi connectivity index (χ4v) is 1.08. The van der Waals surface area contributed by atoms with Crippen molar-refractivity contribution < 1.29 is 0 Å². The third-order valence-corrected chi connectivity index (χ3v) is 1.80. The standard InChI is InChI=1S/C9H15N3/c1-8-4-2-3-5-9(8)6-11-7-12-10/h2-5,11-12H,6-7,10H2,1H3. The maximum absolute atomic E-state index is 5.12. The lowest BCUT2D eigenvalue weighted by atomic mass is 10.1. The number of benzene rings is 1. The lowest BCUT2D eigenvalue weighted by Crippen LogP contribution is -2.33. The van der Waals surface area contributed by atoms with E-state index in [0.29, 0.717) is 6.67 Å². The van der Waals surface area contributed by atoms with Gasteiger partial charge in [-0.2, -0.15) is 0 Å². The van der Waals surface area contributed by atoms with E-state index in [1.807, 2.05) is 12.1 Å². The minimum absolute atomic E-state index is 0.633. The van der Waals surface area contributed by atoms with E-state index < -0.39 is 0 Å². The van der Waals surface area contributed by atoms with Crippen LogP contribution < -0.4 is 16.6 Å². The highest BCUT2D eigenvalue weighted by atomic mass is 15.3. The van der Waals surface area contributed by atoms with Crippen LogP contribution in [0.25, 0.3) is 0 Å². The average molecular weight is 165 g/mol. The van der Waals surface area contributed by atoms with Gasteiger partial charge in [-0.3, -0.25) is 11.2 Å². The Kier molecular flexibility index (Phi) is 3.73. The second-order valence-electron chi connectivity index (χ2n) is 2.73. The number of hydrazine groups is 1. The third kappa shape index (κ3) is 2.62. The molecular weight excluding hydrogens is 150 g/mol. The first-order valence-electron chi connectivity index (χ1n) is 4.03. The van der Waals surface area contributed by atoms with Crippen molar-refractivity contribution in [1.29, 1.82) is 0 Å². The zero-order valence-electron chi connectivity index (χ0n) is 7.30. The molecule has 3 nitrogen and oxygen atoms in total. The summed E-state index contributed by atoms with van der Waals surface area (Å²) in [6.45, 7) is 3.60. The average Bonchev–Trinajstić information content (AvgIpc) is 2.09. The molecule has 0 unspecified atom stereocenters. The maximum atomic E-state index is 5.12. The van der Waals surface area contributed by atoms with Gasteiger partial charge in [-0.1, -0.05) is 24.3 Å². The lowest BCUT2D eigenvalue weighted by Gasteiger charge is -2.06. The topological polar surface area (TPSA) is 50.1 Å². The van der Waals surface area contributed by atoms with Crippen LogP contribution in [0.3, 0.4) is 0 Å². The van der Waals surface area contributed by atoms with E-state index in [-0.39, 0.29) is 0 Å². The minimum Gasteiger partial charge on any atom is -0.299 e. The summed E-state index contributed by atoms with van der Waals surface area (Å²) in [5, 5.41) is 3.16. The van der Waals surface area contributed by atoms with Crippen molar-refractivity contribution in [3.05, 3.63) is 35.4 Å². The van der Waals surface area contributed by atoms with Crippen LogP contribution in [-0.2, 0) is 6.54 Å². The van der Waals surface area contributed by atoms with Crippen LogP contribution in [0.15, 0.2) is 24.3 Å². The molecule has 12 heavy (non-hydrogen) atoms. The van der Waals surface area contributed by atoms with Gasteiger partial charge in [0.15, 0.2) is 0 Å². The zero-order chi connectivity index (χ0) is 8.81. The lowest BCUT2D eigenvalue weighted by molar-refractivity contribution is 0.600. The number of rotatable bonds is 4. The summed E-state index contributed by atoms with van der Waals surface area (Å²) in [4.78, 5) is 0. The van der Waals surface area contributed by atoms with Crippen LogP contribution in [0.1, 0.15) is 11.1 Å². The highest BCUT2D eigenvalue weighted by Gasteiger charge is 1.93. The number of nitrogens with one attached hydrogen (secondary N) is 2. The molecule has 4 N–H and O–H groups in total. The van der Waals surface area contributed by atoms with Crippen LogP contribution in [0.4, 0.5) is 0 Å². The van der Waals surface area contributed by atoms with Crippen LogP contribution >= 0.6 is 0 Å². The van der Waals surface area contributed by atoms with Gasteiger partial charge in [-0.05, 0) is 18.1 Å². The van der Waals surface area contributed by atoms with Crippen molar-refractivity contribution in [2.45, 2.75) is 13.5 Å². The number of aryl methyl sites for hydroxylation is 1. The molecule has 0 aliphatic rings. The molecule has 0 bridgehead atoms. The molecule has 1 aromatic rings. The Hall–Kier alpha value is -0.900. The Morgan fingerprint density at radius 1 is 1.33 bits per heavy atom. The summed E-state index contributed by atoms with van der Waals surface area (Å²) >= 11 is 0. The first-order chi connectivity index (χ1) is 5.84. The second kappa shape index (κ2) is 4.87. The van der Waals surface area contributed by atoms with Crippen LogP contribution in [0.5, 0.6) is 0 Å². The van der Waals surface area contributed by atoms with E-state index in [2.05, 4.69) is 29.8 Å². The van der Waals surface area contributed by atoms with Gasteiger partial charge in [0, 0.05) is 6.54 Å². The van der Waals surface area contributed by atoms with Gasteiger partial charge in [0.05, 0.1) is 6.67 Å². The van der Waals surface area contributed by atoms with Crippen molar-refractivity contribution in [3.8, 4) is 0 Å². The summed E-state index contributed by atoms with van der Waals surface area (Å²) in [7, 11) is 0. The summed E-state index contributed by atoms with van der Waals surface area (Å²) in [6, 6.07) is 8.30.